The third kappa shape index (κ3) is 5.37. The molecule has 0 aliphatic heterocycles. The summed E-state index contributed by atoms with van der Waals surface area (Å²) >= 11 is 12.2. The predicted molar refractivity (Wildman–Crippen MR) is 142 cm³/mol. The molecule has 4 aromatic rings. The molecule has 4 rings (SSSR count). The number of nitrogens with zero attached hydrogens (tertiary/aromatic N) is 2. The van der Waals surface area contributed by atoms with Crippen LogP contribution in [-0.2, 0) is 10.1 Å². The lowest BCUT2D eigenvalue weighted by Crippen LogP contribution is -2.13. The van der Waals surface area contributed by atoms with Gasteiger partial charge in [0.05, 0.1) is 28.4 Å². The van der Waals surface area contributed by atoms with Crippen LogP contribution in [0.1, 0.15) is 15.9 Å². The van der Waals surface area contributed by atoms with Gasteiger partial charge in [0.15, 0.2) is 5.75 Å². The van der Waals surface area contributed by atoms with Crippen molar-refractivity contribution >= 4 is 67.1 Å². The summed E-state index contributed by atoms with van der Waals surface area (Å²) in [5.74, 6) is -0.816. The Morgan fingerprint density at radius 2 is 1.73 bits per heavy atom. The van der Waals surface area contributed by atoms with Gasteiger partial charge < -0.3 is 15.2 Å². The fraction of sp³-hybridized carbons (Fsp3) is 0.0800. The first-order valence-corrected chi connectivity index (χ1v) is 12.8. The molecule has 0 atom stereocenters. The zero-order valence-electron chi connectivity index (χ0n) is 19.4. The van der Waals surface area contributed by atoms with E-state index in [2.05, 4.69) is 15.5 Å². The monoisotopic (exact) mass is 559 g/mol. The molecule has 1 amide bonds. The molecular formula is C25H19Cl2N3O6S. The van der Waals surface area contributed by atoms with Crippen LogP contribution in [0, 0.1) is 6.92 Å². The van der Waals surface area contributed by atoms with Gasteiger partial charge in [-0.25, -0.2) is 0 Å². The number of carbonyl (C=O) groups is 1. The Hall–Kier alpha value is -3.70. The summed E-state index contributed by atoms with van der Waals surface area (Å²) in [6.07, 6.45) is 0. The van der Waals surface area contributed by atoms with E-state index in [0.29, 0.717) is 22.1 Å². The first kappa shape index (κ1) is 26.4. The molecule has 0 radical (unpaired) electrons. The van der Waals surface area contributed by atoms with Crippen molar-refractivity contribution in [1.82, 2.24) is 0 Å². The summed E-state index contributed by atoms with van der Waals surface area (Å²) in [6, 6.07) is 15.6. The summed E-state index contributed by atoms with van der Waals surface area (Å²) in [7, 11) is -3.18. The Labute approximate surface area is 222 Å². The van der Waals surface area contributed by atoms with Crippen LogP contribution in [0.2, 0.25) is 10.0 Å². The fourth-order valence-electron chi connectivity index (χ4n) is 3.62. The second kappa shape index (κ2) is 10.3. The number of para-hydroxylation sites is 1. The van der Waals surface area contributed by atoms with Gasteiger partial charge in [0.25, 0.3) is 16.0 Å². The summed E-state index contributed by atoms with van der Waals surface area (Å²) in [5, 5.41) is 23.1. The van der Waals surface area contributed by atoms with Crippen LogP contribution < -0.4 is 10.1 Å². The number of rotatable bonds is 6. The number of anilines is 1. The minimum atomic E-state index is -4.61. The average Bonchev–Trinajstić information content (AvgIpc) is 2.84. The van der Waals surface area contributed by atoms with E-state index in [1.54, 1.807) is 49.4 Å². The molecular weight excluding hydrogens is 541 g/mol. The number of hydrogen-bond acceptors (Lipinski definition) is 7. The number of phenols is 1. The number of amides is 1. The molecule has 0 aromatic heterocycles. The largest absolute Gasteiger partial charge is 0.505 e. The van der Waals surface area contributed by atoms with Crippen molar-refractivity contribution in [3.8, 4) is 11.5 Å². The van der Waals surface area contributed by atoms with Crippen LogP contribution in [0.25, 0.3) is 10.8 Å². The molecule has 4 aromatic carbocycles. The van der Waals surface area contributed by atoms with Crippen LogP contribution in [0.4, 0.5) is 17.1 Å². The van der Waals surface area contributed by atoms with Crippen LogP contribution >= 0.6 is 23.2 Å². The zero-order valence-corrected chi connectivity index (χ0v) is 21.7. The minimum absolute atomic E-state index is 0.0304. The van der Waals surface area contributed by atoms with Gasteiger partial charge in [-0.2, -0.15) is 13.5 Å². The first-order chi connectivity index (χ1) is 17.5. The van der Waals surface area contributed by atoms with E-state index in [-0.39, 0.29) is 32.7 Å². The van der Waals surface area contributed by atoms with Crippen molar-refractivity contribution in [1.29, 1.82) is 0 Å². The minimum Gasteiger partial charge on any atom is -0.505 e. The number of hydrogen-bond donors (Lipinski definition) is 3. The van der Waals surface area contributed by atoms with Gasteiger partial charge in [0.1, 0.15) is 22.0 Å². The van der Waals surface area contributed by atoms with Gasteiger partial charge >= 0.3 is 0 Å². The van der Waals surface area contributed by atoms with Gasteiger partial charge in [-0.05, 0) is 48.2 Å². The molecule has 12 heteroatoms. The molecule has 37 heavy (non-hydrogen) atoms. The topological polar surface area (TPSA) is 138 Å². The molecule has 3 N–H and O–H groups in total. The molecule has 0 fully saturated rings. The van der Waals surface area contributed by atoms with Crippen LogP contribution in [0.5, 0.6) is 11.5 Å². The van der Waals surface area contributed by atoms with E-state index in [0.717, 1.165) is 6.07 Å². The van der Waals surface area contributed by atoms with Crippen molar-refractivity contribution in [2.75, 3.05) is 12.4 Å². The van der Waals surface area contributed by atoms with E-state index in [4.69, 9.17) is 27.9 Å². The number of benzene rings is 4. The molecule has 0 bridgehead atoms. The maximum absolute atomic E-state index is 13.2. The van der Waals surface area contributed by atoms with E-state index >= 15 is 0 Å². The zero-order chi connectivity index (χ0) is 26.9. The number of halogens is 2. The Bertz CT molecular complexity index is 1690. The van der Waals surface area contributed by atoms with E-state index < -0.39 is 26.7 Å². The third-order valence-electron chi connectivity index (χ3n) is 5.46. The molecule has 9 nitrogen and oxygen atoms in total. The Morgan fingerprint density at radius 1 is 1.00 bits per heavy atom. The second-order valence-corrected chi connectivity index (χ2v) is 10.1. The van der Waals surface area contributed by atoms with Crippen molar-refractivity contribution in [3.05, 3.63) is 81.8 Å². The maximum Gasteiger partial charge on any atom is 0.296 e. The highest BCUT2D eigenvalue weighted by Crippen LogP contribution is 2.41. The SMILES string of the molecule is COc1cccc(Cl)c1NC(=O)c1cc2ccccc2c(N=Nc2cc(S(=O)(=O)O)c(Cl)cc2C)c1O. The lowest BCUT2D eigenvalue weighted by atomic mass is 10.0. The normalized spacial score (nSPS) is 11.7. The highest BCUT2D eigenvalue weighted by atomic mass is 35.5. The van der Waals surface area contributed by atoms with Gasteiger partial charge in [-0.3, -0.25) is 9.35 Å². The molecule has 0 saturated carbocycles. The Balaban J connectivity index is 1.83. The van der Waals surface area contributed by atoms with Crippen LogP contribution in [0.15, 0.2) is 75.8 Å². The van der Waals surface area contributed by atoms with Crippen molar-refractivity contribution in [3.63, 3.8) is 0 Å². The van der Waals surface area contributed by atoms with Crippen LogP contribution in [0.3, 0.4) is 0 Å². The molecule has 190 valence electrons. The van der Waals surface area contributed by atoms with Crippen molar-refractivity contribution in [2.24, 2.45) is 10.2 Å². The number of phenolic OH excluding ortho intramolecular Hbond substituents is 1. The second-order valence-electron chi connectivity index (χ2n) is 7.86. The van der Waals surface area contributed by atoms with Gasteiger partial charge in [-0.1, -0.05) is 53.5 Å². The summed E-state index contributed by atoms with van der Waals surface area (Å²) < 4.78 is 38.0. The standard InChI is InChI=1S/C25H19Cl2N3O6S/c1-13-10-18(27)21(37(33,34)35)12-19(13)29-30-22-15-7-4-3-6-14(15)11-16(24(22)31)25(32)28-23-17(26)8-5-9-20(23)36-2/h3-12,31H,1-2H3,(H,28,32)(H,33,34,35). The number of fused-ring (bicyclic) bond motifs is 1. The first-order valence-electron chi connectivity index (χ1n) is 10.6. The summed E-state index contributed by atoms with van der Waals surface area (Å²) in [6.45, 7) is 1.62. The number of aryl methyl sites for hydroxylation is 1. The highest BCUT2D eigenvalue weighted by molar-refractivity contribution is 7.86. The fourth-order valence-corrected chi connectivity index (χ4v) is 4.91. The van der Waals surface area contributed by atoms with E-state index in [1.165, 1.54) is 19.2 Å². The lowest BCUT2D eigenvalue weighted by Gasteiger charge is -2.14. The number of ether oxygens (including phenoxy) is 1. The van der Waals surface area contributed by atoms with Gasteiger partial charge in [0, 0.05) is 5.39 Å². The number of azo groups is 1. The molecule has 0 aliphatic rings. The van der Waals surface area contributed by atoms with Crippen molar-refractivity contribution in [2.45, 2.75) is 11.8 Å². The Morgan fingerprint density at radius 3 is 2.43 bits per heavy atom. The third-order valence-corrected chi connectivity index (χ3v) is 7.09. The number of nitrogens with one attached hydrogen (secondary N) is 1. The smallest absolute Gasteiger partial charge is 0.296 e. The highest BCUT2D eigenvalue weighted by Gasteiger charge is 2.21. The number of methoxy groups -OCH3 is 1. The molecule has 0 heterocycles. The molecule has 0 aliphatic carbocycles. The van der Waals surface area contributed by atoms with Gasteiger partial charge in [0.2, 0.25) is 0 Å². The number of carbonyl (C=O) groups excluding carboxylic acids is 1. The van der Waals surface area contributed by atoms with Gasteiger partial charge in [-0.15, -0.1) is 5.11 Å². The van der Waals surface area contributed by atoms with Crippen LogP contribution in [-0.4, -0.2) is 31.1 Å². The number of aromatic hydroxyl groups is 1. The molecule has 0 saturated heterocycles. The van der Waals surface area contributed by atoms with E-state index in [9.17, 15) is 22.9 Å². The van der Waals surface area contributed by atoms with E-state index in [1.807, 2.05) is 0 Å². The van der Waals surface area contributed by atoms with Crippen molar-refractivity contribution < 1.29 is 27.6 Å². The molecule has 0 spiro atoms. The predicted octanol–water partition coefficient (Wildman–Crippen LogP) is 7.08. The Kier molecular flexibility index (Phi) is 7.37. The average molecular weight is 560 g/mol. The molecule has 0 unspecified atom stereocenters. The lowest BCUT2D eigenvalue weighted by molar-refractivity contribution is 0.102. The maximum atomic E-state index is 13.2. The quantitative estimate of drug-likeness (QED) is 0.170. The summed E-state index contributed by atoms with van der Waals surface area (Å²) in [4.78, 5) is 12.7. The summed E-state index contributed by atoms with van der Waals surface area (Å²) in [5.41, 5.74) is 0.626.